The molecule has 0 saturated carbocycles. The number of carbonyl (C=O) groups is 1. The van der Waals surface area contributed by atoms with E-state index in [1.807, 2.05) is 42.6 Å². The Balaban J connectivity index is 1.60. The lowest BCUT2D eigenvalue weighted by Crippen LogP contribution is -2.27. The monoisotopic (exact) mass is 443 g/mol. The van der Waals surface area contributed by atoms with E-state index >= 15 is 0 Å². The van der Waals surface area contributed by atoms with Crippen molar-refractivity contribution in [3.8, 4) is 22.6 Å². The van der Waals surface area contributed by atoms with Gasteiger partial charge in [0.25, 0.3) is 0 Å². The Kier molecular flexibility index (Phi) is 6.99. The SMILES string of the molecule is CCCN(Cc1ccc(-c2ccccc2-c2nn[nH]n2)nc1)c1ncccc1C(=O)OCC. The molecule has 0 aliphatic carbocycles. The summed E-state index contributed by atoms with van der Waals surface area (Å²) in [6.45, 7) is 5.51. The maximum Gasteiger partial charge on any atom is 0.341 e. The van der Waals surface area contributed by atoms with Crippen molar-refractivity contribution in [1.82, 2.24) is 30.6 Å². The molecule has 9 nitrogen and oxygen atoms in total. The minimum atomic E-state index is -0.367. The van der Waals surface area contributed by atoms with Crippen LogP contribution in [0.4, 0.5) is 5.82 Å². The summed E-state index contributed by atoms with van der Waals surface area (Å²) in [5.41, 5.74) is 4.05. The van der Waals surface area contributed by atoms with Crippen LogP contribution in [-0.2, 0) is 11.3 Å². The third-order valence-corrected chi connectivity index (χ3v) is 5.06. The molecule has 0 radical (unpaired) electrons. The van der Waals surface area contributed by atoms with Crippen LogP contribution in [0.25, 0.3) is 22.6 Å². The van der Waals surface area contributed by atoms with Crippen molar-refractivity contribution in [1.29, 1.82) is 0 Å². The number of anilines is 1. The Morgan fingerprint density at radius 3 is 2.58 bits per heavy atom. The maximum atomic E-state index is 12.4. The summed E-state index contributed by atoms with van der Waals surface area (Å²) in [5.74, 6) is 0.768. The number of hydrogen-bond donors (Lipinski definition) is 1. The number of benzene rings is 1. The molecule has 1 aromatic carbocycles. The van der Waals surface area contributed by atoms with Crippen LogP contribution in [0.1, 0.15) is 36.2 Å². The van der Waals surface area contributed by atoms with Gasteiger partial charge in [-0.3, -0.25) is 4.98 Å². The Bertz CT molecular complexity index is 1190. The van der Waals surface area contributed by atoms with E-state index in [2.05, 4.69) is 42.4 Å². The van der Waals surface area contributed by atoms with Gasteiger partial charge in [-0.2, -0.15) is 5.21 Å². The number of ether oxygens (including phenoxy) is 1. The normalized spacial score (nSPS) is 10.7. The van der Waals surface area contributed by atoms with Crippen molar-refractivity contribution < 1.29 is 9.53 Å². The number of pyridine rings is 2. The Labute approximate surface area is 191 Å². The van der Waals surface area contributed by atoms with Gasteiger partial charge in [0, 0.05) is 36.6 Å². The van der Waals surface area contributed by atoms with Crippen LogP contribution in [0, 0.1) is 0 Å². The predicted molar refractivity (Wildman–Crippen MR) is 124 cm³/mol. The highest BCUT2D eigenvalue weighted by Gasteiger charge is 2.19. The first-order chi connectivity index (χ1) is 16.2. The fourth-order valence-corrected chi connectivity index (χ4v) is 3.62. The molecule has 1 N–H and O–H groups in total. The second kappa shape index (κ2) is 10.4. The van der Waals surface area contributed by atoms with E-state index in [4.69, 9.17) is 4.74 Å². The highest BCUT2D eigenvalue weighted by Crippen LogP contribution is 2.28. The number of aromatic nitrogens is 6. The molecule has 0 amide bonds. The van der Waals surface area contributed by atoms with Crippen molar-refractivity contribution in [3.63, 3.8) is 0 Å². The number of tetrazole rings is 1. The third kappa shape index (κ3) is 5.03. The van der Waals surface area contributed by atoms with Gasteiger partial charge in [-0.15, -0.1) is 10.2 Å². The molecule has 0 unspecified atom stereocenters. The van der Waals surface area contributed by atoms with Crippen LogP contribution in [0.3, 0.4) is 0 Å². The van der Waals surface area contributed by atoms with Gasteiger partial charge < -0.3 is 9.64 Å². The van der Waals surface area contributed by atoms with Gasteiger partial charge in [0.2, 0.25) is 5.82 Å². The minimum Gasteiger partial charge on any atom is -0.462 e. The number of esters is 1. The van der Waals surface area contributed by atoms with E-state index in [0.717, 1.165) is 35.3 Å². The second-order valence-electron chi connectivity index (χ2n) is 7.35. The maximum absolute atomic E-state index is 12.4. The molecule has 0 spiro atoms. The molecule has 168 valence electrons. The van der Waals surface area contributed by atoms with E-state index in [1.54, 1.807) is 25.3 Å². The largest absolute Gasteiger partial charge is 0.462 e. The standard InChI is InChI=1S/C24H25N7O2/c1-3-14-31(23-20(10-7-13-25-23)24(32)33-4-2)16-17-11-12-21(26-15-17)18-8-5-6-9-19(18)22-27-29-30-28-22/h5-13,15H,3-4,14,16H2,1-2H3,(H,27,28,29,30). The fraction of sp³-hybridized carbons (Fsp3) is 0.250. The molecule has 0 aliphatic heterocycles. The minimum absolute atomic E-state index is 0.317. The molecule has 3 heterocycles. The number of nitrogens with zero attached hydrogens (tertiary/aromatic N) is 6. The predicted octanol–water partition coefficient (Wildman–Crippen LogP) is 3.92. The fourth-order valence-electron chi connectivity index (χ4n) is 3.62. The number of aromatic amines is 1. The average Bonchev–Trinajstić information content (AvgIpc) is 3.39. The first-order valence-corrected chi connectivity index (χ1v) is 10.9. The van der Waals surface area contributed by atoms with E-state index in [-0.39, 0.29) is 5.97 Å². The van der Waals surface area contributed by atoms with E-state index < -0.39 is 0 Å². The molecular weight excluding hydrogens is 418 g/mol. The van der Waals surface area contributed by atoms with Crippen LogP contribution < -0.4 is 4.90 Å². The quantitative estimate of drug-likeness (QED) is 0.388. The Morgan fingerprint density at radius 2 is 1.88 bits per heavy atom. The van der Waals surface area contributed by atoms with E-state index in [9.17, 15) is 4.79 Å². The Hall–Kier alpha value is -4.14. The molecule has 0 atom stereocenters. The lowest BCUT2D eigenvalue weighted by atomic mass is 10.0. The summed E-state index contributed by atoms with van der Waals surface area (Å²) in [4.78, 5) is 23.7. The lowest BCUT2D eigenvalue weighted by molar-refractivity contribution is 0.0526. The number of carbonyl (C=O) groups excluding carboxylic acids is 1. The first-order valence-electron chi connectivity index (χ1n) is 10.9. The number of hydrogen-bond acceptors (Lipinski definition) is 8. The smallest absolute Gasteiger partial charge is 0.341 e. The van der Waals surface area contributed by atoms with Crippen molar-refractivity contribution in [3.05, 3.63) is 72.1 Å². The van der Waals surface area contributed by atoms with Gasteiger partial charge in [-0.05, 0) is 42.3 Å². The highest BCUT2D eigenvalue weighted by atomic mass is 16.5. The van der Waals surface area contributed by atoms with Gasteiger partial charge in [0.1, 0.15) is 11.4 Å². The third-order valence-electron chi connectivity index (χ3n) is 5.06. The topological polar surface area (TPSA) is 110 Å². The summed E-state index contributed by atoms with van der Waals surface area (Å²) in [6, 6.07) is 15.3. The molecule has 33 heavy (non-hydrogen) atoms. The molecule has 0 fully saturated rings. The average molecular weight is 444 g/mol. The van der Waals surface area contributed by atoms with Crippen molar-refractivity contribution in [2.45, 2.75) is 26.8 Å². The van der Waals surface area contributed by atoms with Crippen molar-refractivity contribution >= 4 is 11.8 Å². The van der Waals surface area contributed by atoms with Crippen LogP contribution in [0.2, 0.25) is 0 Å². The lowest BCUT2D eigenvalue weighted by Gasteiger charge is -2.25. The van der Waals surface area contributed by atoms with E-state index in [0.29, 0.717) is 30.4 Å². The summed E-state index contributed by atoms with van der Waals surface area (Å²) in [5, 5.41) is 14.3. The molecule has 9 heteroatoms. The summed E-state index contributed by atoms with van der Waals surface area (Å²) in [7, 11) is 0. The van der Waals surface area contributed by atoms with Gasteiger partial charge >= 0.3 is 5.97 Å². The zero-order valence-electron chi connectivity index (χ0n) is 18.6. The molecule has 0 aliphatic rings. The van der Waals surface area contributed by atoms with Gasteiger partial charge in [0.05, 0.1) is 12.3 Å². The van der Waals surface area contributed by atoms with Crippen LogP contribution in [0.15, 0.2) is 60.9 Å². The molecule has 0 saturated heterocycles. The van der Waals surface area contributed by atoms with Crippen molar-refractivity contribution in [2.24, 2.45) is 0 Å². The summed E-state index contributed by atoms with van der Waals surface area (Å²) >= 11 is 0. The zero-order chi connectivity index (χ0) is 23.0. The summed E-state index contributed by atoms with van der Waals surface area (Å²) < 4.78 is 5.22. The van der Waals surface area contributed by atoms with Crippen molar-refractivity contribution in [2.75, 3.05) is 18.1 Å². The molecule has 0 bridgehead atoms. The van der Waals surface area contributed by atoms with Gasteiger partial charge in [-0.25, -0.2) is 9.78 Å². The van der Waals surface area contributed by atoms with Gasteiger partial charge in [0.15, 0.2) is 0 Å². The highest BCUT2D eigenvalue weighted by molar-refractivity contribution is 5.94. The molecule has 4 aromatic rings. The van der Waals surface area contributed by atoms with Crippen LogP contribution in [0.5, 0.6) is 0 Å². The van der Waals surface area contributed by atoms with Crippen LogP contribution in [-0.4, -0.2) is 49.7 Å². The Morgan fingerprint density at radius 1 is 1.03 bits per heavy atom. The molecular formula is C24H25N7O2. The summed E-state index contributed by atoms with van der Waals surface area (Å²) in [6.07, 6.45) is 4.44. The number of H-pyrrole nitrogens is 1. The second-order valence-corrected chi connectivity index (χ2v) is 7.35. The van der Waals surface area contributed by atoms with Gasteiger partial charge in [-0.1, -0.05) is 37.3 Å². The molecule has 4 rings (SSSR count). The van der Waals surface area contributed by atoms with Crippen LogP contribution >= 0.6 is 0 Å². The van der Waals surface area contributed by atoms with E-state index in [1.165, 1.54) is 0 Å². The molecule has 3 aromatic heterocycles. The first kappa shape index (κ1) is 22.1. The zero-order valence-corrected chi connectivity index (χ0v) is 18.6. The number of rotatable bonds is 9. The number of nitrogens with one attached hydrogen (secondary N) is 1.